The van der Waals surface area contributed by atoms with Crippen LogP contribution < -0.4 is 10.1 Å². The summed E-state index contributed by atoms with van der Waals surface area (Å²) in [5.74, 6) is 0.492. The van der Waals surface area contributed by atoms with E-state index in [2.05, 4.69) is 10.3 Å². The Hall–Kier alpha value is -2.36. The largest absolute Gasteiger partial charge is 0.481 e. The van der Waals surface area contributed by atoms with Gasteiger partial charge in [0.05, 0.1) is 7.11 Å². The molecule has 4 nitrogen and oxygen atoms in total. The molecule has 0 unspecified atom stereocenters. The van der Waals surface area contributed by atoms with Gasteiger partial charge >= 0.3 is 0 Å². The SMILES string of the molecule is COc1ccc(-c2cccc(C(=O)NC(C)(C)C)c2)cn1. The molecule has 2 rings (SSSR count). The fourth-order valence-electron chi connectivity index (χ4n) is 1.92. The van der Waals surface area contributed by atoms with Crippen molar-refractivity contribution in [3.8, 4) is 17.0 Å². The minimum atomic E-state index is -0.255. The molecule has 1 heterocycles. The van der Waals surface area contributed by atoms with E-state index in [1.165, 1.54) is 0 Å². The lowest BCUT2D eigenvalue weighted by Gasteiger charge is -2.20. The molecule has 0 saturated carbocycles. The molecule has 2 aromatic rings. The van der Waals surface area contributed by atoms with E-state index in [4.69, 9.17) is 4.74 Å². The third-order valence-electron chi connectivity index (χ3n) is 2.89. The molecule has 0 spiro atoms. The Morgan fingerprint density at radius 2 is 1.90 bits per heavy atom. The first kappa shape index (κ1) is 15.0. The van der Waals surface area contributed by atoms with Gasteiger partial charge in [0.25, 0.3) is 5.91 Å². The van der Waals surface area contributed by atoms with Gasteiger partial charge in [0.15, 0.2) is 0 Å². The number of aromatic nitrogens is 1. The number of carbonyl (C=O) groups is 1. The van der Waals surface area contributed by atoms with Gasteiger partial charge in [-0.05, 0) is 44.5 Å². The molecule has 0 aliphatic carbocycles. The van der Waals surface area contributed by atoms with Crippen molar-refractivity contribution in [1.82, 2.24) is 10.3 Å². The van der Waals surface area contributed by atoms with E-state index in [1.54, 1.807) is 19.4 Å². The van der Waals surface area contributed by atoms with Crippen molar-refractivity contribution >= 4 is 5.91 Å². The van der Waals surface area contributed by atoms with Crippen LogP contribution in [0.5, 0.6) is 5.88 Å². The second-order valence-electron chi connectivity index (χ2n) is 5.87. The number of methoxy groups -OCH3 is 1. The summed E-state index contributed by atoms with van der Waals surface area (Å²) in [5, 5.41) is 2.96. The topological polar surface area (TPSA) is 51.2 Å². The van der Waals surface area contributed by atoms with Gasteiger partial charge < -0.3 is 10.1 Å². The molecule has 0 aliphatic rings. The summed E-state index contributed by atoms with van der Waals surface area (Å²) in [5.41, 5.74) is 2.28. The Morgan fingerprint density at radius 3 is 2.48 bits per heavy atom. The van der Waals surface area contributed by atoms with Crippen molar-refractivity contribution in [3.05, 3.63) is 48.2 Å². The minimum absolute atomic E-state index is 0.0779. The zero-order chi connectivity index (χ0) is 15.5. The van der Waals surface area contributed by atoms with Crippen LogP contribution in [-0.4, -0.2) is 23.5 Å². The van der Waals surface area contributed by atoms with Crippen molar-refractivity contribution in [1.29, 1.82) is 0 Å². The highest BCUT2D eigenvalue weighted by molar-refractivity contribution is 5.95. The molecule has 0 fully saturated rings. The summed E-state index contributed by atoms with van der Waals surface area (Å²) in [6.45, 7) is 5.88. The highest BCUT2D eigenvalue weighted by atomic mass is 16.5. The van der Waals surface area contributed by atoms with Crippen LogP contribution in [0, 0.1) is 0 Å². The number of nitrogens with one attached hydrogen (secondary N) is 1. The van der Waals surface area contributed by atoms with Crippen LogP contribution in [0.2, 0.25) is 0 Å². The molecule has 0 bridgehead atoms. The number of hydrogen-bond acceptors (Lipinski definition) is 3. The first-order valence-corrected chi connectivity index (χ1v) is 6.82. The lowest BCUT2D eigenvalue weighted by molar-refractivity contribution is 0.0919. The molecule has 0 atom stereocenters. The van der Waals surface area contributed by atoms with Crippen molar-refractivity contribution in [2.24, 2.45) is 0 Å². The zero-order valence-corrected chi connectivity index (χ0v) is 12.8. The summed E-state index contributed by atoms with van der Waals surface area (Å²) in [7, 11) is 1.58. The molecular formula is C17H20N2O2. The van der Waals surface area contributed by atoms with E-state index >= 15 is 0 Å². The number of amides is 1. The Balaban J connectivity index is 2.26. The van der Waals surface area contributed by atoms with Crippen molar-refractivity contribution < 1.29 is 9.53 Å². The van der Waals surface area contributed by atoms with Crippen LogP contribution in [0.1, 0.15) is 31.1 Å². The minimum Gasteiger partial charge on any atom is -0.481 e. The molecule has 0 saturated heterocycles. The Labute approximate surface area is 125 Å². The van der Waals surface area contributed by atoms with Gasteiger partial charge in [0.2, 0.25) is 5.88 Å². The predicted octanol–water partition coefficient (Wildman–Crippen LogP) is 3.29. The normalized spacial score (nSPS) is 11.0. The van der Waals surface area contributed by atoms with Gasteiger partial charge in [-0.15, -0.1) is 0 Å². The van der Waals surface area contributed by atoms with Crippen LogP contribution >= 0.6 is 0 Å². The first-order chi connectivity index (χ1) is 9.89. The maximum Gasteiger partial charge on any atom is 0.251 e. The fraction of sp³-hybridized carbons (Fsp3) is 0.294. The Kier molecular flexibility index (Phi) is 4.26. The number of nitrogens with zero attached hydrogens (tertiary/aromatic N) is 1. The first-order valence-electron chi connectivity index (χ1n) is 6.82. The average molecular weight is 284 g/mol. The molecule has 1 amide bonds. The summed E-state index contributed by atoms with van der Waals surface area (Å²) < 4.78 is 5.05. The summed E-state index contributed by atoms with van der Waals surface area (Å²) in [4.78, 5) is 16.4. The van der Waals surface area contributed by atoms with Crippen molar-refractivity contribution in [2.45, 2.75) is 26.3 Å². The van der Waals surface area contributed by atoms with E-state index in [9.17, 15) is 4.79 Å². The third kappa shape index (κ3) is 4.05. The zero-order valence-electron chi connectivity index (χ0n) is 12.8. The molecule has 110 valence electrons. The number of benzene rings is 1. The number of ether oxygens (including phenoxy) is 1. The fourth-order valence-corrected chi connectivity index (χ4v) is 1.92. The van der Waals surface area contributed by atoms with E-state index in [0.717, 1.165) is 11.1 Å². The van der Waals surface area contributed by atoms with Gasteiger partial charge in [0, 0.05) is 28.9 Å². The van der Waals surface area contributed by atoms with Crippen molar-refractivity contribution in [3.63, 3.8) is 0 Å². The highest BCUT2D eigenvalue weighted by Crippen LogP contribution is 2.21. The standard InChI is InChI=1S/C17H20N2O2/c1-17(2,3)19-16(20)13-7-5-6-12(10-13)14-8-9-15(21-4)18-11-14/h5-11H,1-4H3,(H,19,20). The number of rotatable bonds is 3. The quantitative estimate of drug-likeness (QED) is 0.941. The summed E-state index contributed by atoms with van der Waals surface area (Å²) in [6, 6.07) is 11.2. The average Bonchev–Trinajstić information content (AvgIpc) is 2.46. The number of hydrogen-bond donors (Lipinski definition) is 1. The van der Waals surface area contributed by atoms with Crippen LogP contribution in [0.4, 0.5) is 0 Å². The maximum absolute atomic E-state index is 12.2. The van der Waals surface area contributed by atoms with Gasteiger partial charge in [-0.3, -0.25) is 4.79 Å². The van der Waals surface area contributed by atoms with E-state index in [0.29, 0.717) is 11.4 Å². The van der Waals surface area contributed by atoms with E-state index < -0.39 is 0 Å². The molecule has 4 heteroatoms. The van der Waals surface area contributed by atoms with Gasteiger partial charge in [0.1, 0.15) is 0 Å². The lowest BCUT2D eigenvalue weighted by Crippen LogP contribution is -2.40. The maximum atomic E-state index is 12.2. The molecule has 1 aromatic carbocycles. The second kappa shape index (κ2) is 5.95. The Bertz CT molecular complexity index is 628. The number of carbonyl (C=O) groups excluding carboxylic acids is 1. The lowest BCUT2D eigenvalue weighted by atomic mass is 10.0. The number of pyridine rings is 1. The van der Waals surface area contributed by atoms with E-state index in [-0.39, 0.29) is 11.4 Å². The smallest absolute Gasteiger partial charge is 0.251 e. The van der Waals surface area contributed by atoms with Crippen LogP contribution in [0.15, 0.2) is 42.6 Å². The highest BCUT2D eigenvalue weighted by Gasteiger charge is 2.15. The van der Waals surface area contributed by atoms with Crippen LogP contribution in [-0.2, 0) is 0 Å². The molecule has 0 aliphatic heterocycles. The monoisotopic (exact) mass is 284 g/mol. The van der Waals surface area contributed by atoms with Crippen LogP contribution in [0.25, 0.3) is 11.1 Å². The van der Waals surface area contributed by atoms with Crippen molar-refractivity contribution in [2.75, 3.05) is 7.11 Å². The molecule has 0 radical (unpaired) electrons. The molecular weight excluding hydrogens is 264 g/mol. The van der Waals surface area contributed by atoms with Crippen LogP contribution in [0.3, 0.4) is 0 Å². The van der Waals surface area contributed by atoms with E-state index in [1.807, 2.05) is 51.1 Å². The van der Waals surface area contributed by atoms with Gasteiger partial charge in [-0.1, -0.05) is 12.1 Å². The van der Waals surface area contributed by atoms with Gasteiger partial charge in [-0.2, -0.15) is 0 Å². The molecule has 1 aromatic heterocycles. The molecule has 1 N–H and O–H groups in total. The summed E-state index contributed by atoms with van der Waals surface area (Å²) >= 11 is 0. The summed E-state index contributed by atoms with van der Waals surface area (Å²) in [6.07, 6.45) is 1.74. The second-order valence-corrected chi connectivity index (χ2v) is 5.87. The molecule has 21 heavy (non-hydrogen) atoms. The van der Waals surface area contributed by atoms with Gasteiger partial charge in [-0.25, -0.2) is 4.98 Å². The Morgan fingerprint density at radius 1 is 1.14 bits per heavy atom. The predicted molar refractivity (Wildman–Crippen MR) is 83.4 cm³/mol. The third-order valence-corrected chi connectivity index (χ3v) is 2.89.